The van der Waals surface area contributed by atoms with Crippen LogP contribution in [0, 0.1) is 5.92 Å². The normalized spacial score (nSPS) is 20.4. The molecule has 1 atom stereocenters. The van der Waals surface area contributed by atoms with Crippen molar-refractivity contribution in [2.24, 2.45) is 5.92 Å². The quantitative estimate of drug-likeness (QED) is 0.801. The van der Waals surface area contributed by atoms with Crippen molar-refractivity contribution in [2.45, 2.75) is 19.9 Å². The van der Waals surface area contributed by atoms with E-state index >= 15 is 0 Å². The maximum atomic E-state index is 11.7. The van der Waals surface area contributed by atoms with Crippen LogP contribution in [0.1, 0.15) is 13.8 Å². The lowest BCUT2D eigenvalue weighted by Crippen LogP contribution is -2.38. The van der Waals surface area contributed by atoms with E-state index in [0.717, 1.165) is 0 Å². The summed E-state index contributed by atoms with van der Waals surface area (Å²) in [7, 11) is 0. The first kappa shape index (κ1) is 11.1. The van der Waals surface area contributed by atoms with Gasteiger partial charge in [0, 0.05) is 12.7 Å². The Morgan fingerprint density at radius 1 is 1.62 bits per heavy atom. The largest absolute Gasteiger partial charge is 0.336 e. The van der Waals surface area contributed by atoms with Crippen LogP contribution < -0.4 is 10.2 Å². The topological polar surface area (TPSA) is 58.1 Å². The van der Waals surface area contributed by atoms with Crippen molar-refractivity contribution >= 4 is 23.4 Å². The van der Waals surface area contributed by atoms with E-state index in [-0.39, 0.29) is 17.4 Å². The van der Waals surface area contributed by atoms with Crippen LogP contribution >= 0.6 is 11.6 Å². The zero-order valence-corrected chi connectivity index (χ0v) is 9.90. The van der Waals surface area contributed by atoms with Crippen molar-refractivity contribution in [3.8, 4) is 0 Å². The fourth-order valence-corrected chi connectivity index (χ4v) is 1.93. The Hall–Kier alpha value is -1.36. The molecule has 16 heavy (non-hydrogen) atoms. The minimum Gasteiger partial charge on any atom is -0.336 e. The van der Waals surface area contributed by atoms with E-state index in [4.69, 9.17) is 11.6 Å². The van der Waals surface area contributed by atoms with Crippen molar-refractivity contribution in [2.75, 3.05) is 11.4 Å². The maximum Gasteiger partial charge on any atom is 0.323 e. The number of carbonyl (C=O) groups excluding carboxylic acids is 1. The maximum absolute atomic E-state index is 11.7. The van der Waals surface area contributed by atoms with Gasteiger partial charge in [-0.2, -0.15) is 0 Å². The van der Waals surface area contributed by atoms with Gasteiger partial charge in [0.2, 0.25) is 5.28 Å². The fraction of sp³-hybridized carbons (Fsp3) is 0.500. The third-order valence-electron chi connectivity index (χ3n) is 2.64. The Morgan fingerprint density at radius 3 is 3.00 bits per heavy atom. The highest BCUT2D eigenvalue weighted by Gasteiger charge is 2.34. The lowest BCUT2D eigenvalue weighted by Gasteiger charge is -2.24. The number of amides is 2. The molecule has 1 fully saturated rings. The van der Waals surface area contributed by atoms with E-state index in [1.54, 1.807) is 17.2 Å². The van der Waals surface area contributed by atoms with Crippen LogP contribution in [0.25, 0.3) is 0 Å². The molecule has 2 rings (SSSR count). The van der Waals surface area contributed by atoms with Crippen LogP contribution in [0.15, 0.2) is 12.3 Å². The molecule has 1 N–H and O–H groups in total. The first-order valence-corrected chi connectivity index (χ1v) is 5.53. The van der Waals surface area contributed by atoms with Crippen LogP contribution in [0.3, 0.4) is 0 Å². The highest BCUT2D eigenvalue weighted by molar-refractivity contribution is 6.28. The average molecular weight is 241 g/mol. The third kappa shape index (κ3) is 1.95. The molecule has 1 unspecified atom stereocenters. The van der Waals surface area contributed by atoms with Crippen LogP contribution in [0.4, 0.5) is 10.6 Å². The molecule has 86 valence electrons. The van der Waals surface area contributed by atoms with E-state index in [1.165, 1.54) is 0 Å². The minimum absolute atomic E-state index is 0.110. The Kier molecular flexibility index (Phi) is 2.96. The molecule has 6 heteroatoms. The highest BCUT2D eigenvalue weighted by atomic mass is 35.5. The van der Waals surface area contributed by atoms with Gasteiger partial charge < -0.3 is 5.32 Å². The molecule has 1 aliphatic heterocycles. The molecule has 1 aromatic rings. The Morgan fingerprint density at radius 2 is 2.38 bits per heavy atom. The number of rotatable bonds is 2. The summed E-state index contributed by atoms with van der Waals surface area (Å²) < 4.78 is 0. The van der Waals surface area contributed by atoms with Gasteiger partial charge in [-0.25, -0.2) is 14.8 Å². The predicted octanol–water partition coefficient (Wildman–Crippen LogP) is 1.68. The summed E-state index contributed by atoms with van der Waals surface area (Å²) >= 11 is 5.72. The minimum atomic E-state index is -0.131. The van der Waals surface area contributed by atoms with E-state index in [9.17, 15) is 4.79 Å². The number of hydrogen-bond acceptors (Lipinski definition) is 3. The summed E-state index contributed by atoms with van der Waals surface area (Å²) in [5.74, 6) is 0.904. The lowest BCUT2D eigenvalue weighted by atomic mass is 10.0. The summed E-state index contributed by atoms with van der Waals surface area (Å²) in [5.41, 5.74) is 0. The summed E-state index contributed by atoms with van der Waals surface area (Å²) in [5, 5.41) is 2.95. The van der Waals surface area contributed by atoms with Crippen LogP contribution in [0.2, 0.25) is 5.28 Å². The number of carbonyl (C=O) groups is 1. The molecule has 1 saturated heterocycles. The summed E-state index contributed by atoms with van der Waals surface area (Å²) in [4.78, 5) is 21.2. The van der Waals surface area contributed by atoms with Gasteiger partial charge >= 0.3 is 6.03 Å². The molecule has 5 nitrogen and oxygen atoms in total. The number of nitrogens with zero attached hydrogens (tertiary/aromatic N) is 3. The number of nitrogens with one attached hydrogen (secondary N) is 1. The molecule has 2 amide bonds. The monoisotopic (exact) mass is 240 g/mol. The summed E-state index contributed by atoms with van der Waals surface area (Å²) in [6, 6.07) is 1.67. The highest BCUT2D eigenvalue weighted by Crippen LogP contribution is 2.22. The second-order valence-electron chi connectivity index (χ2n) is 4.05. The zero-order valence-electron chi connectivity index (χ0n) is 9.14. The molecule has 0 aromatic carbocycles. The molecule has 0 bridgehead atoms. The van der Waals surface area contributed by atoms with Crippen molar-refractivity contribution in [3.05, 3.63) is 17.5 Å². The van der Waals surface area contributed by atoms with E-state index in [1.807, 2.05) is 0 Å². The molecule has 0 spiro atoms. The molecule has 0 saturated carbocycles. The van der Waals surface area contributed by atoms with Gasteiger partial charge in [-0.3, -0.25) is 4.90 Å². The number of urea groups is 1. The molecular formula is C10H13ClN4O. The molecule has 0 aliphatic carbocycles. The molecule has 1 aromatic heterocycles. The van der Waals surface area contributed by atoms with E-state index in [0.29, 0.717) is 18.3 Å². The van der Waals surface area contributed by atoms with Crippen LogP contribution in [-0.4, -0.2) is 28.6 Å². The second-order valence-corrected chi connectivity index (χ2v) is 4.39. The van der Waals surface area contributed by atoms with Gasteiger partial charge in [-0.1, -0.05) is 13.8 Å². The lowest BCUT2D eigenvalue weighted by molar-refractivity contribution is 0.251. The SMILES string of the molecule is CC(C)C1CNC(=O)N1c1ccnc(Cl)n1. The second kappa shape index (κ2) is 4.25. The summed E-state index contributed by atoms with van der Waals surface area (Å²) in [6.07, 6.45) is 1.55. The fourth-order valence-electron chi connectivity index (χ4n) is 1.79. The first-order valence-electron chi connectivity index (χ1n) is 5.15. The van der Waals surface area contributed by atoms with Gasteiger partial charge in [-0.15, -0.1) is 0 Å². The number of aromatic nitrogens is 2. The van der Waals surface area contributed by atoms with Crippen LogP contribution in [-0.2, 0) is 0 Å². The van der Waals surface area contributed by atoms with Gasteiger partial charge in [-0.05, 0) is 23.6 Å². The third-order valence-corrected chi connectivity index (χ3v) is 2.82. The van der Waals surface area contributed by atoms with Crippen LogP contribution in [0.5, 0.6) is 0 Å². The Bertz CT molecular complexity index is 410. The predicted molar refractivity (Wildman–Crippen MR) is 61.5 cm³/mol. The Balaban J connectivity index is 2.33. The van der Waals surface area contributed by atoms with Gasteiger partial charge in [0.15, 0.2) is 0 Å². The van der Waals surface area contributed by atoms with Crippen molar-refractivity contribution in [3.63, 3.8) is 0 Å². The average Bonchev–Trinajstić information content (AvgIpc) is 2.60. The smallest absolute Gasteiger partial charge is 0.323 e. The van der Waals surface area contributed by atoms with Gasteiger partial charge in [0.1, 0.15) is 5.82 Å². The zero-order chi connectivity index (χ0) is 11.7. The van der Waals surface area contributed by atoms with Gasteiger partial charge in [0.25, 0.3) is 0 Å². The molecule has 1 aliphatic rings. The van der Waals surface area contributed by atoms with Crippen molar-refractivity contribution in [1.29, 1.82) is 0 Å². The molecule has 0 radical (unpaired) electrons. The van der Waals surface area contributed by atoms with Crippen molar-refractivity contribution in [1.82, 2.24) is 15.3 Å². The van der Waals surface area contributed by atoms with E-state index in [2.05, 4.69) is 29.1 Å². The number of hydrogen-bond donors (Lipinski definition) is 1. The first-order chi connectivity index (χ1) is 7.59. The Labute approximate surface area is 98.8 Å². The molecular weight excluding hydrogens is 228 g/mol. The number of anilines is 1. The van der Waals surface area contributed by atoms with Gasteiger partial charge in [0.05, 0.1) is 6.04 Å². The van der Waals surface area contributed by atoms with E-state index < -0.39 is 0 Å². The van der Waals surface area contributed by atoms with Crippen molar-refractivity contribution < 1.29 is 4.79 Å². The molecule has 2 heterocycles. The summed E-state index contributed by atoms with van der Waals surface area (Å²) in [6.45, 7) is 4.78. The standard InChI is InChI=1S/C10H13ClN4O/c1-6(2)7-5-13-10(16)15(7)8-3-4-12-9(11)14-8/h3-4,6-7H,5H2,1-2H3,(H,13,16). The number of halogens is 1.